The molecule has 1 aliphatic rings. The molecule has 0 unspecified atom stereocenters. The molecule has 0 saturated carbocycles. The number of aromatic nitrogens is 6. The van der Waals surface area contributed by atoms with Gasteiger partial charge >= 0.3 is 7.12 Å². The van der Waals surface area contributed by atoms with Gasteiger partial charge in [0.15, 0.2) is 34.9 Å². The monoisotopic (exact) mass is 1510 g/mol. The second-order valence-electron chi connectivity index (χ2n) is 27.6. The second-order valence-corrected chi connectivity index (χ2v) is 30.5. The smallest absolute Gasteiger partial charge is 0.399 e. The Morgan fingerprint density at radius 1 is 0.248 bits per heavy atom. The normalized spacial score (nSPS) is 12.8. The van der Waals surface area contributed by atoms with Crippen LogP contribution in [0.15, 0.2) is 356 Å². The Hall–Kier alpha value is -12.0. The summed E-state index contributed by atoms with van der Waals surface area (Å²) < 4.78 is 18.9. The molecule has 109 heavy (non-hydrogen) atoms. The van der Waals surface area contributed by atoms with Gasteiger partial charge in [0.05, 0.1) is 11.2 Å². The van der Waals surface area contributed by atoms with E-state index in [1.54, 1.807) is 0 Å². The summed E-state index contributed by atoms with van der Waals surface area (Å²) in [4.78, 5) is 29.2. The maximum Gasteiger partial charge on any atom is 0.494 e. The Bertz CT molecular complexity index is 6120. The SMILES string of the molecule is Brc1cccc2c1sc1c(-c3ccc(-c4ccccc4)cc3)cccc12.C.CC1(C)OB(c2cccc(-c3nc(-c4ccccc4)nc(-c4ccccc4)n3)c2)OC1(C)C.c1ccc(-c2ccc(-c3cccc4c3sc3c(-c5cccc(-c6nc(-c7ccccc7)nc(-c7ccccc7)n6)c5)cccc34)cc2)cc1. The van der Waals surface area contributed by atoms with Gasteiger partial charge < -0.3 is 9.31 Å². The molecule has 19 rings (SSSR count). The maximum absolute atomic E-state index is 6.25. The van der Waals surface area contributed by atoms with Crippen molar-refractivity contribution in [3.63, 3.8) is 0 Å². The molecule has 0 spiro atoms. The summed E-state index contributed by atoms with van der Waals surface area (Å²) in [6, 6.07) is 122. The molecule has 1 aliphatic heterocycles. The van der Waals surface area contributed by atoms with E-state index in [0.29, 0.717) is 34.9 Å². The van der Waals surface area contributed by atoms with E-state index in [-0.39, 0.29) is 7.43 Å². The van der Waals surface area contributed by atoms with Gasteiger partial charge in [-0.25, -0.2) is 29.9 Å². The van der Waals surface area contributed by atoms with Gasteiger partial charge in [-0.3, -0.25) is 0 Å². The first-order valence-corrected chi connectivity index (χ1v) is 38.5. The fourth-order valence-electron chi connectivity index (χ4n) is 13.7. The first kappa shape index (κ1) is 71.3. The largest absolute Gasteiger partial charge is 0.494 e. The number of rotatable bonds is 12. The minimum Gasteiger partial charge on any atom is -0.399 e. The van der Waals surface area contributed by atoms with Crippen LogP contribution in [-0.2, 0) is 9.31 Å². The average molecular weight is 1510 g/mol. The highest BCUT2D eigenvalue weighted by molar-refractivity contribution is 9.10. The fourth-order valence-corrected chi connectivity index (χ4v) is 17.0. The highest BCUT2D eigenvalue weighted by atomic mass is 79.9. The van der Waals surface area contributed by atoms with E-state index in [1.165, 1.54) is 94.9 Å². The van der Waals surface area contributed by atoms with Crippen molar-refractivity contribution in [3.8, 4) is 124 Å². The zero-order valence-corrected chi connectivity index (χ0v) is 63.0. The lowest BCUT2D eigenvalue weighted by Gasteiger charge is -2.32. The zero-order valence-electron chi connectivity index (χ0n) is 59.8. The summed E-state index contributed by atoms with van der Waals surface area (Å²) in [5.41, 5.74) is 18.1. The number of benzene rings is 14. The van der Waals surface area contributed by atoms with Gasteiger partial charge in [0.1, 0.15) is 0 Å². The van der Waals surface area contributed by atoms with Crippen LogP contribution in [0, 0.1) is 0 Å². The highest BCUT2D eigenvalue weighted by Crippen LogP contribution is 2.46. The van der Waals surface area contributed by atoms with E-state index in [0.717, 1.165) is 44.4 Å². The minimum atomic E-state index is -0.445. The van der Waals surface area contributed by atoms with Crippen molar-refractivity contribution in [2.24, 2.45) is 0 Å². The first-order chi connectivity index (χ1) is 52.9. The summed E-state index contributed by atoms with van der Waals surface area (Å²) in [7, 11) is -0.445. The molecule has 0 radical (unpaired) electrons. The molecular weight excluding hydrogens is 1440 g/mol. The van der Waals surface area contributed by atoms with Crippen molar-refractivity contribution in [1.29, 1.82) is 0 Å². The van der Waals surface area contributed by atoms with Gasteiger partial charge in [-0.2, -0.15) is 0 Å². The minimum absolute atomic E-state index is 0. The van der Waals surface area contributed by atoms with E-state index in [1.807, 2.05) is 168 Å². The van der Waals surface area contributed by atoms with Crippen LogP contribution < -0.4 is 5.46 Å². The molecule has 18 aromatic rings. The number of hydrogen-bond acceptors (Lipinski definition) is 10. The second kappa shape index (κ2) is 31.1. The van der Waals surface area contributed by atoms with Crippen LogP contribution in [-0.4, -0.2) is 48.2 Å². The summed E-state index contributed by atoms with van der Waals surface area (Å²) in [6.07, 6.45) is 0. The topological polar surface area (TPSA) is 95.8 Å². The third kappa shape index (κ3) is 14.9. The quantitative estimate of drug-likeness (QED) is 0.112. The predicted molar refractivity (Wildman–Crippen MR) is 462 cm³/mol. The van der Waals surface area contributed by atoms with E-state index in [2.05, 4.69) is 250 Å². The van der Waals surface area contributed by atoms with Crippen molar-refractivity contribution in [3.05, 3.63) is 356 Å². The van der Waals surface area contributed by atoms with E-state index in [4.69, 9.17) is 39.2 Å². The number of fused-ring (bicyclic) bond motifs is 6. The molecule has 14 aromatic carbocycles. The molecule has 0 amide bonds. The van der Waals surface area contributed by atoms with Gasteiger partial charge in [0.25, 0.3) is 0 Å². The van der Waals surface area contributed by atoms with Gasteiger partial charge in [-0.15, -0.1) is 22.7 Å². The van der Waals surface area contributed by atoms with Crippen molar-refractivity contribution in [1.82, 2.24) is 29.9 Å². The van der Waals surface area contributed by atoms with Crippen LogP contribution in [0.2, 0.25) is 0 Å². The van der Waals surface area contributed by atoms with E-state index >= 15 is 0 Å². The van der Waals surface area contributed by atoms with Crippen LogP contribution in [0.5, 0.6) is 0 Å². The summed E-state index contributed by atoms with van der Waals surface area (Å²) in [5.74, 6) is 3.86. The molecular formula is C97H74BBrN6O2S2. The maximum atomic E-state index is 6.25. The van der Waals surface area contributed by atoms with Crippen molar-refractivity contribution in [2.75, 3.05) is 0 Å². The molecule has 1 saturated heterocycles. The Morgan fingerprint density at radius 3 is 0.881 bits per heavy atom. The zero-order chi connectivity index (χ0) is 73.1. The summed E-state index contributed by atoms with van der Waals surface area (Å²) >= 11 is 7.43. The van der Waals surface area contributed by atoms with Crippen LogP contribution in [0.4, 0.5) is 0 Å². The van der Waals surface area contributed by atoms with Gasteiger partial charge in [-0.1, -0.05) is 347 Å². The van der Waals surface area contributed by atoms with E-state index < -0.39 is 18.3 Å². The molecule has 5 heterocycles. The third-order valence-corrected chi connectivity index (χ3v) is 23.6. The average Bonchev–Trinajstić information content (AvgIpc) is 1.62. The molecule has 0 atom stereocenters. The van der Waals surface area contributed by atoms with Crippen LogP contribution in [0.1, 0.15) is 35.1 Å². The van der Waals surface area contributed by atoms with Crippen molar-refractivity contribution >= 4 is 91.5 Å². The Kier molecular flexibility index (Phi) is 20.3. The van der Waals surface area contributed by atoms with Gasteiger partial charge in [0, 0.05) is 78.2 Å². The first-order valence-electron chi connectivity index (χ1n) is 36.1. The lowest BCUT2D eigenvalue weighted by Crippen LogP contribution is -2.41. The molecule has 4 aromatic heterocycles. The molecule has 526 valence electrons. The summed E-state index contributed by atoms with van der Waals surface area (Å²) in [5, 5.41) is 5.20. The number of halogens is 1. The van der Waals surface area contributed by atoms with E-state index in [9.17, 15) is 0 Å². The van der Waals surface area contributed by atoms with Crippen molar-refractivity contribution in [2.45, 2.75) is 46.3 Å². The lowest BCUT2D eigenvalue weighted by atomic mass is 9.78. The molecule has 8 nitrogen and oxygen atoms in total. The molecule has 0 N–H and O–H groups in total. The number of nitrogens with zero attached hydrogens (tertiary/aromatic N) is 6. The fraction of sp³-hybridized carbons (Fsp3) is 0.0722. The Morgan fingerprint density at radius 2 is 0.505 bits per heavy atom. The molecule has 1 fully saturated rings. The highest BCUT2D eigenvalue weighted by Gasteiger charge is 2.51. The molecule has 12 heteroatoms. The number of hydrogen-bond donors (Lipinski definition) is 0. The van der Waals surface area contributed by atoms with Gasteiger partial charge in [0.2, 0.25) is 0 Å². The van der Waals surface area contributed by atoms with Gasteiger partial charge in [-0.05, 0) is 117 Å². The standard InChI is InChI=1S/C45H29N3S.C27H26BN3O2.C24H15BrS.CH4/c1-4-13-30(14-5-1)31-25-27-32(28-26-31)37-21-11-23-39-40-24-12-22-38(42(40)49-41(37)39)35-19-10-20-36(29-35)45-47-43(33-15-6-2-7-16-33)46-44(48-45)34-17-8-3-9-18-34;1-26(2)27(3,4)33-28(32-26)22-17-11-16-21(18-22)25-30-23(19-12-7-5-8-13-19)29-24(31-25)20-14-9-6-10-15-20;25-22-11-5-10-21-20-9-4-8-19(23(20)26-24(21)22)18-14-12-17(13-15-18)16-6-2-1-3-7-16;/h1-29H;5-18H,1-4H3;1-15H;1H4. The third-order valence-electron chi connectivity index (χ3n) is 20.1. The molecule has 0 bridgehead atoms. The molecule has 0 aliphatic carbocycles. The Labute approximate surface area is 652 Å². The van der Waals surface area contributed by atoms with Crippen LogP contribution >= 0.6 is 38.6 Å². The van der Waals surface area contributed by atoms with Crippen molar-refractivity contribution < 1.29 is 9.31 Å². The lowest BCUT2D eigenvalue weighted by molar-refractivity contribution is 0.00578. The Balaban J connectivity index is 0.000000131. The van der Waals surface area contributed by atoms with Crippen LogP contribution in [0.25, 0.3) is 164 Å². The predicted octanol–water partition coefficient (Wildman–Crippen LogP) is 26.2. The number of thiophene rings is 2. The van der Waals surface area contributed by atoms with Crippen LogP contribution in [0.3, 0.4) is 0 Å². The summed E-state index contributed by atoms with van der Waals surface area (Å²) in [6.45, 7) is 8.23.